The number of fused-ring (bicyclic) bond motifs is 1. The molecule has 0 unspecified atom stereocenters. The molecule has 12 nitrogen and oxygen atoms in total. The fourth-order valence-electron chi connectivity index (χ4n) is 4.21. The van der Waals surface area contributed by atoms with E-state index in [9.17, 15) is 9.90 Å². The molecule has 6 atom stereocenters. The third-order valence-electron chi connectivity index (χ3n) is 6.24. The number of nitrogens with one attached hydrogen (secondary N) is 2. The van der Waals surface area contributed by atoms with E-state index >= 15 is 4.39 Å². The number of imidazole rings is 1. The second-order valence-corrected chi connectivity index (χ2v) is 13.2. The van der Waals surface area contributed by atoms with Gasteiger partial charge in [-0.1, -0.05) is 18.2 Å². The number of carbonyl (C=O) groups is 1. The zero-order valence-corrected chi connectivity index (χ0v) is 25.6. The first-order valence-corrected chi connectivity index (χ1v) is 16.0. The number of ether oxygens (including phenoxy) is 2. The third kappa shape index (κ3) is 6.80. The van der Waals surface area contributed by atoms with E-state index in [-0.39, 0.29) is 12.0 Å². The van der Waals surface area contributed by atoms with Crippen molar-refractivity contribution in [1.82, 2.24) is 24.6 Å². The standard InChI is InChI=1S/C25H33ClFN6O6PS/c1-14(2)37-24(35)15(3)32-40(41,39-17-9-7-6-8-10-17)36-12-25(11-26)20(34)18(27)23(38-25)33-13-29-19-21(28-5)30-16(4)31-22(19)33/h6-10,13-15,18,20,23,34H,11-12H2,1-5H3,(H,32,41)(H,28,30,31)/t15-,18+,20-,23+,25+,40-/m0/s1. The number of aromatic nitrogens is 4. The molecule has 1 aliphatic heterocycles. The van der Waals surface area contributed by atoms with E-state index < -0.39 is 49.4 Å². The van der Waals surface area contributed by atoms with E-state index in [0.717, 1.165) is 0 Å². The van der Waals surface area contributed by atoms with E-state index in [4.69, 9.17) is 41.9 Å². The Kier molecular flexibility index (Phi) is 9.85. The van der Waals surface area contributed by atoms with Gasteiger partial charge in [0.1, 0.15) is 29.3 Å². The van der Waals surface area contributed by atoms with Crippen LogP contribution < -0.4 is 14.9 Å². The Labute approximate surface area is 247 Å². The normalized spacial score (nSPS) is 24.8. The number of anilines is 1. The van der Waals surface area contributed by atoms with E-state index in [2.05, 4.69) is 25.4 Å². The van der Waals surface area contributed by atoms with Gasteiger partial charge in [0.25, 0.3) is 0 Å². The molecule has 0 bridgehead atoms. The molecular weight excluding hydrogens is 598 g/mol. The summed E-state index contributed by atoms with van der Waals surface area (Å²) in [5.41, 5.74) is -1.02. The molecule has 16 heteroatoms. The number of hydrogen-bond donors (Lipinski definition) is 3. The van der Waals surface area contributed by atoms with E-state index in [1.807, 2.05) is 0 Å². The molecule has 3 heterocycles. The maximum Gasteiger partial charge on any atom is 0.323 e. The van der Waals surface area contributed by atoms with Gasteiger partial charge in [-0.3, -0.25) is 9.36 Å². The largest absolute Gasteiger partial charge is 0.462 e. The Balaban J connectivity index is 1.61. The van der Waals surface area contributed by atoms with Crippen molar-refractivity contribution in [3.05, 3.63) is 42.5 Å². The number of carbonyl (C=O) groups excluding carboxylic acids is 1. The van der Waals surface area contributed by atoms with Gasteiger partial charge in [-0.05, 0) is 51.6 Å². The van der Waals surface area contributed by atoms with Crippen LogP contribution >= 0.6 is 18.2 Å². The average Bonchev–Trinajstić information content (AvgIpc) is 3.46. The molecule has 0 spiro atoms. The van der Waals surface area contributed by atoms with Crippen molar-refractivity contribution in [3.63, 3.8) is 0 Å². The first-order chi connectivity index (χ1) is 19.4. The van der Waals surface area contributed by atoms with Gasteiger partial charge in [-0.2, -0.15) is 0 Å². The van der Waals surface area contributed by atoms with Crippen molar-refractivity contribution in [2.75, 3.05) is 24.9 Å². The molecule has 0 radical (unpaired) electrons. The lowest BCUT2D eigenvalue weighted by molar-refractivity contribution is -0.149. The Morgan fingerprint density at radius 3 is 2.66 bits per heavy atom. The molecular formula is C25H33ClFN6O6PS. The number of para-hydroxylation sites is 1. The number of aliphatic hydroxyl groups excluding tert-OH is 1. The number of halogens is 2. The van der Waals surface area contributed by atoms with Crippen LogP contribution in [0.2, 0.25) is 0 Å². The average molecular weight is 631 g/mol. The Morgan fingerprint density at radius 2 is 2.02 bits per heavy atom. The fraction of sp³-hybridized carbons (Fsp3) is 0.520. The Hall–Kier alpha value is -2.45. The van der Waals surface area contributed by atoms with Crippen molar-refractivity contribution in [2.45, 2.75) is 63.9 Å². The number of nitrogens with zero attached hydrogens (tertiary/aromatic N) is 4. The number of hydrogen-bond acceptors (Lipinski definition) is 11. The number of benzene rings is 1. The molecule has 1 aromatic carbocycles. The summed E-state index contributed by atoms with van der Waals surface area (Å²) in [5.74, 6) is 0.357. The minimum atomic E-state index is -3.52. The molecule has 0 amide bonds. The summed E-state index contributed by atoms with van der Waals surface area (Å²) in [6.45, 7) is 2.71. The van der Waals surface area contributed by atoms with Gasteiger partial charge < -0.3 is 28.9 Å². The lowest BCUT2D eigenvalue weighted by atomic mass is 9.99. The molecule has 0 aliphatic carbocycles. The lowest BCUT2D eigenvalue weighted by Crippen LogP contribution is -2.48. The van der Waals surface area contributed by atoms with Crippen LogP contribution in [0, 0.1) is 6.92 Å². The molecule has 41 heavy (non-hydrogen) atoms. The zero-order valence-electron chi connectivity index (χ0n) is 23.2. The summed E-state index contributed by atoms with van der Waals surface area (Å²) in [7, 11) is 1.68. The van der Waals surface area contributed by atoms with Gasteiger partial charge in [0.2, 0.25) is 0 Å². The second kappa shape index (κ2) is 12.8. The van der Waals surface area contributed by atoms with Crippen LogP contribution in [0.15, 0.2) is 36.7 Å². The Bertz CT molecular complexity index is 1420. The Morgan fingerprint density at radius 1 is 1.32 bits per heavy atom. The van der Waals surface area contributed by atoms with Crippen molar-refractivity contribution in [1.29, 1.82) is 0 Å². The van der Waals surface area contributed by atoms with Crippen LogP contribution in [-0.2, 0) is 30.6 Å². The van der Waals surface area contributed by atoms with Crippen LogP contribution in [0.4, 0.5) is 10.2 Å². The monoisotopic (exact) mass is 630 g/mol. The molecule has 1 saturated heterocycles. The van der Waals surface area contributed by atoms with Crippen LogP contribution in [0.5, 0.6) is 5.75 Å². The molecule has 1 fully saturated rings. The summed E-state index contributed by atoms with van der Waals surface area (Å²) < 4.78 is 40.5. The highest BCUT2D eigenvalue weighted by Crippen LogP contribution is 2.49. The SMILES string of the molecule is CNc1nc(C)nc2c1ncn2[C@@H]1O[C@](CCl)(CO[P@@](=S)(N[C@@H](C)C(=O)OC(C)C)Oc2ccccc2)[C@@H](O)[C@H]1F. The summed E-state index contributed by atoms with van der Waals surface area (Å²) >= 11 is 12.0. The maximum atomic E-state index is 15.7. The van der Waals surface area contributed by atoms with Crippen molar-refractivity contribution in [3.8, 4) is 5.75 Å². The van der Waals surface area contributed by atoms with Crippen LogP contribution in [-0.4, -0.2) is 80.2 Å². The minimum absolute atomic E-state index is 0.310. The summed E-state index contributed by atoms with van der Waals surface area (Å²) in [6.07, 6.45) is -3.96. The summed E-state index contributed by atoms with van der Waals surface area (Å²) in [6, 6.07) is 7.72. The van der Waals surface area contributed by atoms with Gasteiger partial charge in [-0.15, -0.1) is 11.6 Å². The molecule has 224 valence electrons. The predicted molar refractivity (Wildman–Crippen MR) is 155 cm³/mol. The first-order valence-electron chi connectivity index (χ1n) is 12.8. The quantitative estimate of drug-likeness (QED) is 0.153. The van der Waals surface area contributed by atoms with Gasteiger partial charge in [0.05, 0.1) is 24.9 Å². The van der Waals surface area contributed by atoms with Crippen molar-refractivity contribution >= 4 is 53.0 Å². The number of alkyl halides is 2. The van der Waals surface area contributed by atoms with E-state index in [1.54, 1.807) is 65.1 Å². The highest BCUT2D eigenvalue weighted by Gasteiger charge is 2.57. The smallest absolute Gasteiger partial charge is 0.323 e. The topological polar surface area (TPSA) is 142 Å². The van der Waals surface area contributed by atoms with E-state index in [0.29, 0.717) is 28.6 Å². The van der Waals surface area contributed by atoms with Crippen molar-refractivity contribution in [2.24, 2.45) is 0 Å². The zero-order chi connectivity index (χ0) is 29.9. The van der Waals surface area contributed by atoms with Gasteiger partial charge in [0, 0.05) is 7.05 Å². The van der Waals surface area contributed by atoms with Crippen molar-refractivity contribution < 1.29 is 32.8 Å². The summed E-state index contributed by atoms with van der Waals surface area (Å²) in [4.78, 5) is 25.5. The number of aryl methyl sites for hydroxylation is 1. The third-order valence-corrected chi connectivity index (χ3v) is 9.18. The molecule has 0 saturated carbocycles. The minimum Gasteiger partial charge on any atom is -0.462 e. The van der Waals surface area contributed by atoms with Crippen LogP contribution in [0.25, 0.3) is 11.2 Å². The number of aliphatic hydroxyl groups is 1. The molecule has 3 N–H and O–H groups in total. The number of rotatable bonds is 12. The molecule has 2 aromatic heterocycles. The molecule has 3 aromatic rings. The van der Waals surface area contributed by atoms with Gasteiger partial charge in [-0.25, -0.2) is 24.4 Å². The lowest BCUT2D eigenvalue weighted by Gasteiger charge is -2.33. The summed E-state index contributed by atoms with van der Waals surface area (Å²) in [5, 5.41) is 16.9. The molecule has 4 rings (SSSR count). The predicted octanol–water partition coefficient (Wildman–Crippen LogP) is 3.63. The highest BCUT2D eigenvalue weighted by atomic mass is 35.5. The van der Waals surface area contributed by atoms with Crippen LogP contribution in [0.3, 0.4) is 0 Å². The van der Waals surface area contributed by atoms with E-state index in [1.165, 1.54) is 10.9 Å². The van der Waals surface area contributed by atoms with Gasteiger partial charge >= 0.3 is 12.6 Å². The maximum absolute atomic E-state index is 15.7. The number of esters is 1. The second-order valence-electron chi connectivity index (χ2n) is 9.80. The van der Waals surface area contributed by atoms with Gasteiger partial charge in [0.15, 0.2) is 29.4 Å². The first kappa shape index (κ1) is 31.5. The fourth-order valence-corrected chi connectivity index (χ4v) is 6.95. The molecule has 1 aliphatic rings. The van der Waals surface area contributed by atoms with Crippen LogP contribution in [0.1, 0.15) is 32.8 Å². The highest BCUT2D eigenvalue weighted by molar-refractivity contribution is 8.09.